The number of aryl methyl sites for hydroxylation is 1. The number of carbonyl (C=O) groups is 2. The van der Waals surface area contributed by atoms with Gasteiger partial charge in [-0.15, -0.1) is 0 Å². The molecule has 8 heteroatoms. The highest BCUT2D eigenvalue weighted by molar-refractivity contribution is 6.51. The van der Waals surface area contributed by atoms with Gasteiger partial charge in [-0.05, 0) is 67.9 Å². The minimum Gasteiger partial charge on any atom is -0.507 e. The summed E-state index contributed by atoms with van der Waals surface area (Å²) in [4.78, 5) is 27.8. The van der Waals surface area contributed by atoms with Crippen molar-refractivity contribution in [3.05, 3.63) is 107 Å². The second-order valence-corrected chi connectivity index (χ2v) is 8.41. The third-order valence-corrected chi connectivity index (χ3v) is 5.90. The number of carbonyl (C=O) groups excluding carboxylic acids is 2. The van der Waals surface area contributed by atoms with Crippen LogP contribution in [0.1, 0.15) is 29.9 Å². The Balaban J connectivity index is 1.62. The fourth-order valence-corrected chi connectivity index (χ4v) is 4.25. The van der Waals surface area contributed by atoms with Gasteiger partial charge in [-0.1, -0.05) is 35.5 Å². The first-order valence-corrected chi connectivity index (χ1v) is 11.8. The minimum atomic E-state index is -0.963. The van der Waals surface area contributed by atoms with Crippen molar-refractivity contribution < 1.29 is 28.7 Å². The molecule has 0 aliphatic carbocycles. The van der Waals surface area contributed by atoms with E-state index < -0.39 is 17.7 Å². The van der Waals surface area contributed by atoms with Crippen LogP contribution < -0.4 is 14.4 Å². The van der Waals surface area contributed by atoms with Crippen LogP contribution in [0.25, 0.3) is 5.76 Å². The number of benzene rings is 3. The van der Waals surface area contributed by atoms with Crippen LogP contribution in [0.4, 0.5) is 5.82 Å². The standard InChI is InChI=1S/C29H24N2O6/c1-3-35-21-14-12-19(13-15-21)27(32)25-26(31(29(34)28(25)33)24-16-18(2)37-30-24)20-8-7-11-23(17-20)36-22-9-5-4-6-10-22/h4-17,26,32H,3H2,1-2H3/t26-/m0/s1. The SMILES string of the molecule is CCOc1ccc(C(O)=C2C(=O)C(=O)N(c3cc(C)on3)[C@H]2c2cccc(Oc3ccccc3)c2)cc1. The van der Waals surface area contributed by atoms with Gasteiger partial charge in [0.15, 0.2) is 5.82 Å². The molecule has 0 unspecified atom stereocenters. The van der Waals surface area contributed by atoms with E-state index in [0.29, 0.717) is 40.7 Å². The van der Waals surface area contributed by atoms with Gasteiger partial charge < -0.3 is 19.1 Å². The number of Topliss-reactive ketones (excluding diaryl/α,β-unsaturated/α-hetero) is 1. The van der Waals surface area contributed by atoms with Gasteiger partial charge in [0.25, 0.3) is 5.78 Å². The molecule has 0 spiro atoms. The number of amides is 1. The summed E-state index contributed by atoms with van der Waals surface area (Å²) in [5.74, 6) is 0.463. The highest BCUT2D eigenvalue weighted by Crippen LogP contribution is 2.43. The van der Waals surface area contributed by atoms with Gasteiger partial charge in [0.05, 0.1) is 18.2 Å². The Labute approximate surface area is 213 Å². The van der Waals surface area contributed by atoms with Crippen LogP contribution in [0.3, 0.4) is 0 Å². The van der Waals surface area contributed by atoms with Gasteiger partial charge in [0.2, 0.25) is 0 Å². The minimum absolute atomic E-state index is 0.0633. The number of anilines is 1. The van der Waals surface area contributed by atoms with Gasteiger partial charge in [-0.3, -0.25) is 14.5 Å². The first-order chi connectivity index (χ1) is 18.0. The highest BCUT2D eigenvalue weighted by Gasteiger charge is 2.48. The summed E-state index contributed by atoms with van der Waals surface area (Å²) in [7, 11) is 0. The van der Waals surface area contributed by atoms with E-state index >= 15 is 0 Å². The molecule has 1 N–H and O–H groups in total. The van der Waals surface area contributed by atoms with E-state index in [-0.39, 0.29) is 17.2 Å². The normalized spacial score (nSPS) is 16.7. The third-order valence-electron chi connectivity index (χ3n) is 5.90. The van der Waals surface area contributed by atoms with Gasteiger partial charge in [-0.2, -0.15) is 0 Å². The van der Waals surface area contributed by atoms with Crippen LogP contribution in [-0.4, -0.2) is 28.6 Å². The number of aliphatic hydroxyl groups excluding tert-OH is 1. The Morgan fingerprint density at radius 3 is 2.35 bits per heavy atom. The maximum absolute atomic E-state index is 13.3. The molecule has 1 aliphatic heterocycles. The van der Waals surface area contributed by atoms with Crippen LogP contribution in [0.5, 0.6) is 17.2 Å². The second-order valence-electron chi connectivity index (χ2n) is 8.41. The van der Waals surface area contributed by atoms with E-state index in [9.17, 15) is 14.7 Å². The largest absolute Gasteiger partial charge is 0.507 e. The molecule has 37 heavy (non-hydrogen) atoms. The van der Waals surface area contributed by atoms with Crippen molar-refractivity contribution in [2.75, 3.05) is 11.5 Å². The van der Waals surface area contributed by atoms with Crippen LogP contribution in [0.15, 0.2) is 95.0 Å². The van der Waals surface area contributed by atoms with E-state index in [1.165, 1.54) is 4.90 Å². The number of hydrogen-bond acceptors (Lipinski definition) is 7. The molecular weight excluding hydrogens is 472 g/mol. The molecule has 2 heterocycles. The molecule has 4 aromatic rings. The van der Waals surface area contributed by atoms with Gasteiger partial charge in [-0.25, -0.2) is 0 Å². The molecule has 186 valence electrons. The van der Waals surface area contributed by atoms with Crippen molar-refractivity contribution in [2.45, 2.75) is 19.9 Å². The maximum Gasteiger partial charge on any atom is 0.301 e. The maximum atomic E-state index is 13.3. The van der Waals surface area contributed by atoms with Crippen LogP contribution in [-0.2, 0) is 9.59 Å². The first kappa shape index (κ1) is 23.9. The molecule has 0 bridgehead atoms. The molecule has 1 fully saturated rings. The predicted octanol–water partition coefficient (Wildman–Crippen LogP) is 5.80. The summed E-state index contributed by atoms with van der Waals surface area (Å²) >= 11 is 0. The average molecular weight is 497 g/mol. The summed E-state index contributed by atoms with van der Waals surface area (Å²) in [6.45, 7) is 4.06. The van der Waals surface area contributed by atoms with Gasteiger partial charge in [0, 0.05) is 11.6 Å². The summed E-state index contributed by atoms with van der Waals surface area (Å²) in [6, 6.07) is 23.6. The summed E-state index contributed by atoms with van der Waals surface area (Å²) in [5, 5.41) is 15.3. The fraction of sp³-hybridized carbons (Fsp3) is 0.138. The van der Waals surface area contributed by atoms with Crippen molar-refractivity contribution in [2.24, 2.45) is 0 Å². The molecule has 3 aromatic carbocycles. The van der Waals surface area contributed by atoms with Crippen molar-refractivity contribution in [3.63, 3.8) is 0 Å². The zero-order valence-electron chi connectivity index (χ0n) is 20.3. The molecular formula is C29H24N2O6. The summed E-state index contributed by atoms with van der Waals surface area (Å²) < 4.78 is 16.6. The lowest BCUT2D eigenvalue weighted by atomic mass is 9.95. The van der Waals surface area contributed by atoms with E-state index in [0.717, 1.165) is 0 Å². The second kappa shape index (κ2) is 10.0. The molecule has 1 atom stereocenters. The smallest absolute Gasteiger partial charge is 0.301 e. The Bertz CT molecular complexity index is 1470. The van der Waals surface area contributed by atoms with Crippen molar-refractivity contribution in [3.8, 4) is 17.2 Å². The molecule has 0 radical (unpaired) electrons. The van der Waals surface area contributed by atoms with E-state index in [1.807, 2.05) is 37.3 Å². The fourth-order valence-electron chi connectivity index (χ4n) is 4.25. The van der Waals surface area contributed by atoms with Crippen LogP contribution in [0.2, 0.25) is 0 Å². The number of ether oxygens (including phenoxy) is 2. The summed E-state index contributed by atoms with van der Waals surface area (Å²) in [5.41, 5.74) is 0.868. The number of aromatic nitrogens is 1. The molecule has 8 nitrogen and oxygen atoms in total. The average Bonchev–Trinajstić information content (AvgIpc) is 3.45. The molecule has 0 saturated carbocycles. The Morgan fingerprint density at radius 1 is 0.946 bits per heavy atom. The monoisotopic (exact) mass is 496 g/mol. The van der Waals surface area contributed by atoms with E-state index in [4.69, 9.17) is 14.0 Å². The van der Waals surface area contributed by atoms with Gasteiger partial charge in [0.1, 0.15) is 28.8 Å². The Morgan fingerprint density at radius 2 is 1.68 bits per heavy atom. The third kappa shape index (κ3) is 4.69. The number of rotatable bonds is 7. The zero-order chi connectivity index (χ0) is 25.9. The lowest BCUT2D eigenvalue weighted by Crippen LogP contribution is -2.29. The quantitative estimate of drug-likeness (QED) is 0.196. The number of para-hydroxylation sites is 1. The van der Waals surface area contributed by atoms with Crippen LogP contribution >= 0.6 is 0 Å². The van der Waals surface area contributed by atoms with Crippen molar-refractivity contribution in [1.82, 2.24) is 5.16 Å². The molecule has 5 rings (SSSR count). The zero-order valence-corrected chi connectivity index (χ0v) is 20.3. The first-order valence-electron chi connectivity index (χ1n) is 11.8. The summed E-state index contributed by atoms with van der Waals surface area (Å²) in [6.07, 6.45) is 0. The van der Waals surface area contributed by atoms with Crippen LogP contribution in [0, 0.1) is 6.92 Å². The van der Waals surface area contributed by atoms with E-state index in [2.05, 4.69) is 5.16 Å². The molecule has 1 amide bonds. The Hall–Kier alpha value is -4.85. The number of aliphatic hydroxyl groups is 1. The number of ketones is 1. The Kier molecular flexibility index (Phi) is 6.47. The lowest BCUT2D eigenvalue weighted by Gasteiger charge is -2.23. The lowest BCUT2D eigenvalue weighted by molar-refractivity contribution is -0.132. The molecule has 1 aliphatic rings. The topological polar surface area (TPSA) is 102 Å². The molecule has 1 aromatic heterocycles. The van der Waals surface area contributed by atoms with E-state index in [1.54, 1.807) is 61.5 Å². The highest BCUT2D eigenvalue weighted by atomic mass is 16.5. The van der Waals surface area contributed by atoms with Crippen molar-refractivity contribution >= 4 is 23.3 Å². The van der Waals surface area contributed by atoms with Crippen molar-refractivity contribution in [1.29, 1.82) is 0 Å². The predicted molar refractivity (Wildman–Crippen MR) is 137 cm³/mol. The number of hydrogen-bond donors (Lipinski definition) is 1. The molecule has 1 saturated heterocycles. The number of nitrogens with zero attached hydrogens (tertiary/aromatic N) is 2. The van der Waals surface area contributed by atoms with Gasteiger partial charge >= 0.3 is 5.91 Å².